The first-order valence-corrected chi connectivity index (χ1v) is 7.61. The van der Waals surface area contributed by atoms with Gasteiger partial charge in [0.1, 0.15) is 5.75 Å². The topological polar surface area (TPSA) is 64.1 Å². The summed E-state index contributed by atoms with van der Waals surface area (Å²) >= 11 is 0. The average molecular weight is 322 g/mol. The molecule has 1 aromatic heterocycles. The Labute approximate surface area is 139 Å². The maximum Gasteiger partial charge on any atom is 0.328 e. The minimum absolute atomic E-state index is 0.206. The van der Waals surface area contributed by atoms with Crippen LogP contribution in [0.15, 0.2) is 64.3 Å². The number of benzene rings is 2. The van der Waals surface area contributed by atoms with Crippen LogP contribution in [0.5, 0.6) is 5.75 Å². The number of aromatic amines is 1. The molecule has 0 fully saturated rings. The fourth-order valence-corrected chi connectivity index (χ4v) is 2.51. The van der Waals surface area contributed by atoms with Crippen LogP contribution in [0.4, 0.5) is 0 Å². The van der Waals surface area contributed by atoms with Gasteiger partial charge in [0.15, 0.2) is 0 Å². The van der Waals surface area contributed by atoms with Crippen LogP contribution in [0.3, 0.4) is 0 Å². The SMILES string of the molecule is COc1ccc(Cn2c(=O)[nH]cc(-c3ccc(C)cc3)c2=O)cc1. The van der Waals surface area contributed by atoms with E-state index in [1.54, 1.807) is 19.2 Å². The number of hydrogen-bond acceptors (Lipinski definition) is 3. The van der Waals surface area contributed by atoms with Crippen LogP contribution in [-0.4, -0.2) is 16.7 Å². The Morgan fingerprint density at radius 1 is 1.00 bits per heavy atom. The van der Waals surface area contributed by atoms with Crippen LogP contribution in [-0.2, 0) is 6.54 Å². The number of aromatic nitrogens is 2. The Hall–Kier alpha value is -3.08. The Balaban J connectivity index is 2.01. The van der Waals surface area contributed by atoms with Gasteiger partial charge in [-0.2, -0.15) is 0 Å². The summed E-state index contributed by atoms with van der Waals surface area (Å²) in [4.78, 5) is 27.5. The zero-order valence-corrected chi connectivity index (χ0v) is 13.6. The first kappa shape index (κ1) is 15.8. The number of ether oxygens (including phenoxy) is 1. The van der Waals surface area contributed by atoms with E-state index in [0.29, 0.717) is 5.56 Å². The van der Waals surface area contributed by atoms with Crippen LogP contribution >= 0.6 is 0 Å². The van der Waals surface area contributed by atoms with Crippen LogP contribution in [0.1, 0.15) is 11.1 Å². The summed E-state index contributed by atoms with van der Waals surface area (Å²) in [6.07, 6.45) is 1.47. The second-order valence-electron chi connectivity index (χ2n) is 5.61. The van der Waals surface area contributed by atoms with Crippen molar-refractivity contribution in [1.29, 1.82) is 0 Å². The Bertz CT molecular complexity index is 952. The van der Waals surface area contributed by atoms with E-state index in [1.807, 2.05) is 43.3 Å². The van der Waals surface area contributed by atoms with Gasteiger partial charge in [-0.1, -0.05) is 42.0 Å². The molecule has 0 aliphatic rings. The number of aryl methyl sites for hydroxylation is 1. The molecule has 0 bridgehead atoms. The van der Waals surface area contributed by atoms with Gasteiger partial charge in [0.25, 0.3) is 5.56 Å². The van der Waals surface area contributed by atoms with Crippen molar-refractivity contribution in [2.24, 2.45) is 0 Å². The van der Waals surface area contributed by atoms with Gasteiger partial charge < -0.3 is 9.72 Å². The van der Waals surface area contributed by atoms with Gasteiger partial charge in [0.05, 0.1) is 19.2 Å². The molecule has 0 saturated heterocycles. The number of nitrogens with zero attached hydrogens (tertiary/aromatic N) is 1. The third kappa shape index (κ3) is 3.15. The zero-order chi connectivity index (χ0) is 17.1. The summed E-state index contributed by atoms with van der Waals surface area (Å²) in [6, 6.07) is 14.9. The third-order valence-corrected chi connectivity index (χ3v) is 3.92. The fourth-order valence-electron chi connectivity index (χ4n) is 2.51. The van der Waals surface area contributed by atoms with Crippen molar-refractivity contribution < 1.29 is 4.74 Å². The molecule has 0 saturated carbocycles. The number of hydrogen-bond donors (Lipinski definition) is 1. The highest BCUT2D eigenvalue weighted by atomic mass is 16.5. The molecule has 1 N–H and O–H groups in total. The molecule has 122 valence electrons. The van der Waals surface area contributed by atoms with E-state index < -0.39 is 5.69 Å². The molecule has 0 radical (unpaired) electrons. The van der Waals surface area contributed by atoms with E-state index >= 15 is 0 Å². The highest BCUT2D eigenvalue weighted by molar-refractivity contribution is 5.61. The molecule has 0 unspecified atom stereocenters. The van der Waals surface area contributed by atoms with Crippen LogP contribution < -0.4 is 16.0 Å². The molecular formula is C19H18N2O3. The summed E-state index contributed by atoms with van der Waals surface area (Å²) in [7, 11) is 1.59. The Kier molecular flexibility index (Phi) is 4.33. The molecule has 1 heterocycles. The van der Waals surface area contributed by atoms with E-state index in [9.17, 15) is 9.59 Å². The summed E-state index contributed by atoms with van der Waals surface area (Å²) in [6.45, 7) is 2.19. The fraction of sp³-hybridized carbons (Fsp3) is 0.158. The Morgan fingerprint density at radius 3 is 2.29 bits per heavy atom. The Morgan fingerprint density at radius 2 is 1.67 bits per heavy atom. The molecule has 0 aliphatic carbocycles. The van der Waals surface area contributed by atoms with Crippen molar-refractivity contribution in [3.8, 4) is 16.9 Å². The number of nitrogens with one attached hydrogen (secondary N) is 1. The standard InChI is InChI=1S/C19H18N2O3/c1-13-3-7-15(8-4-13)17-11-20-19(23)21(18(17)22)12-14-5-9-16(24-2)10-6-14/h3-11H,12H2,1-2H3,(H,20,23). The van der Waals surface area contributed by atoms with Crippen LogP contribution in [0.25, 0.3) is 11.1 Å². The van der Waals surface area contributed by atoms with Crippen molar-refractivity contribution in [2.75, 3.05) is 7.11 Å². The normalized spacial score (nSPS) is 10.6. The summed E-state index contributed by atoms with van der Waals surface area (Å²) in [5, 5.41) is 0. The monoisotopic (exact) mass is 322 g/mol. The lowest BCUT2D eigenvalue weighted by Gasteiger charge is -2.08. The quantitative estimate of drug-likeness (QED) is 0.803. The number of H-pyrrole nitrogens is 1. The van der Waals surface area contributed by atoms with Crippen molar-refractivity contribution in [1.82, 2.24) is 9.55 Å². The van der Waals surface area contributed by atoms with E-state index in [4.69, 9.17) is 4.74 Å². The van der Waals surface area contributed by atoms with Crippen molar-refractivity contribution in [3.05, 3.63) is 86.7 Å². The van der Waals surface area contributed by atoms with E-state index in [-0.39, 0.29) is 12.1 Å². The molecule has 5 heteroatoms. The van der Waals surface area contributed by atoms with E-state index in [2.05, 4.69) is 4.98 Å². The molecular weight excluding hydrogens is 304 g/mol. The van der Waals surface area contributed by atoms with Crippen LogP contribution in [0.2, 0.25) is 0 Å². The maximum atomic E-state index is 12.7. The minimum Gasteiger partial charge on any atom is -0.497 e. The lowest BCUT2D eigenvalue weighted by Crippen LogP contribution is -2.35. The smallest absolute Gasteiger partial charge is 0.328 e. The summed E-state index contributed by atoms with van der Waals surface area (Å²) < 4.78 is 6.32. The lowest BCUT2D eigenvalue weighted by molar-refractivity contribution is 0.414. The molecule has 5 nitrogen and oxygen atoms in total. The van der Waals surface area contributed by atoms with Gasteiger partial charge in [0.2, 0.25) is 0 Å². The molecule has 24 heavy (non-hydrogen) atoms. The summed E-state index contributed by atoms with van der Waals surface area (Å²) in [5.41, 5.74) is 2.49. The maximum absolute atomic E-state index is 12.7. The van der Waals surface area contributed by atoms with E-state index in [0.717, 1.165) is 22.4 Å². The number of methoxy groups -OCH3 is 1. The first-order chi connectivity index (χ1) is 11.6. The van der Waals surface area contributed by atoms with Gasteiger partial charge >= 0.3 is 5.69 Å². The first-order valence-electron chi connectivity index (χ1n) is 7.61. The van der Waals surface area contributed by atoms with Gasteiger partial charge in [-0.25, -0.2) is 4.79 Å². The largest absolute Gasteiger partial charge is 0.497 e. The second-order valence-corrected chi connectivity index (χ2v) is 5.61. The lowest BCUT2D eigenvalue weighted by atomic mass is 10.1. The molecule has 3 aromatic rings. The predicted octanol–water partition coefficient (Wildman–Crippen LogP) is 2.57. The zero-order valence-electron chi connectivity index (χ0n) is 13.6. The van der Waals surface area contributed by atoms with Gasteiger partial charge in [0, 0.05) is 6.20 Å². The van der Waals surface area contributed by atoms with Crippen molar-refractivity contribution >= 4 is 0 Å². The minimum atomic E-state index is -0.424. The average Bonchev–Trinajstić information content (AvgIpc) is 2.60. The van der Waals surface area contributed by atoms with Crippen molar-refractivity contribution in [2.45, 2.75) is 13.5 Å². The highest BCUT2D eigenvalue weighted by Gasteiger charge is 2.10. The van der Waals surface area contributed by atoms with Crippen molar-refractivity contribution in [3.63, 3.8) is 0 Å². The molecule has 0 amide bonds. The number of rotatable bonds is 4. The molecule has 0 atom stereocenters. The van der Waals surface area contributed by atoms with E-state index in [1.165, 1.54) is 10.8 Å². The highest BCUT2D eigenvalue weighted by Crippen LogP contribution is 2.15. The van der Waals surface area contributed by atoms with Gasteiger partial charge in [-0.3, -0.25) is 9.36 Å². The molecule has 2 aromatic carbocycles. The molecule has 0 aliphatic heterocycles. The van der Waals surface area contributed by atoms with Gasteiger partial charge in [-0.05, 0) is 30.2 Å². The third-order valence-electron chi connectivity index (χ3n) is 3.92. The van der Waals surface area contributed by atoms with Gasteiger partial charge in [-0.15, -0.1) is 0 Å². The predicted molar refractivity (Wildman–Crippen MR) is 93.6 cm³/mol. The summed E-state index contributed by atoms with van der Waals surface area (Å²) in [5.74, 6) is 0.730. The second kappa shape index (κ2) is 6.58. The molecule has 0 spiro atoms. The molecule has 3 rings (SSSR count). The van der Waals surface area contributed by atoms with Crippen LogP contribution in [0, 0.1) is 6.92 Å².